The van der Waals surface area contributed by atoms with Crippen LogP contribution in [0.25, 0.3) is 4.85 Å². The van der Waals surface area contributed by atoms with E-state index in [1.54, 1.807) is 20.8 Å². The van der Waals surface area contributed by atoms with Crippen molar-refractivity contribution in [2.24, 2.45) is 0 Å². The van der Waals surface area contributed by atoms with Crippen LogP contribution in [0.15, 0.2) is 0 Å². The number of rotatable bonds is 3. The molecule has 1 heterocycles. The molecule has 1 fully saturated rings. The van der Waals surface area contributed by atoms with Crippen LogP contribution in [-0.2, 0) is 4.74 Å². The summed E-state index contributed by atoms with van der Waals surface area (Å²) in [6.07, 6.45) is -1.29. The molecule has 0 aliphatic carbocycles. The van der Waals surface area contributed by atoms with Gasteiger partial charge in [-0.05, 0) is 27.2 Å². The maximum absolute atomic E-state index is 13.9. The Morgan fingerprint density at radius 3 is 2.56 bits per heavy atom. The first kappa shape index (κ1) is 15.5. The van der Waals surface area contributed by atoms with Gasteiger partial charge in [-0.1, -0.05) is 22.6 Å². The lowest BCUT2D eigenvalue weighted by Gasteiger charge is -2.42. The molecule has 6 heteroatoms. The van der Waals surface area contributed by atoms with Gasteiger partial charge in [-0.15, -0.1) is 0 Å². The second-order valence-electron chi connectivity index (χ2n) is 5.50. The normalized spacial score (nSPS) is 19.7. The average molecular weight is 368 g/mol. The van der Waals surface area contributed by atoms with Crippen LogP contribution in [0, 0.1) is 6.57 Å². The Labute approximate surface area is 121 Å². The van der Waals surface area contributed by atoms with E-state index in [-0.39, 0.29) is 13.1 Å². The fourth-order valence-electron chi connectivity index (χ4n) is 1.77. The first-order valence-electron chi connectivity index (χ1n) is 5.81. The third kappa shape index (κ3) is 3.46. The van der Waals surface area contributed by atoms with Gasteiger partial charge in [0.2, 0.25) is 0 Å². The minimum absolute atomic E-state index is 0.128. The van der Waals surface area contributed by atoms with Gasteiger partial charge >= 0.3 is 6.09 Å². The molecule has 1 aliphatic rings. The minimum Gasteiger partial charge on any atom is -0.444 e. The van der Waals surface area contributed by atoms with Gasteiger partial charge in [0.25, 0.3) is 5.54 Å². The Morgan fingerprint density at radius 2 is 2.17 bits per heavy atom. The topological polar surface area (TPSA) is 33.9 Å². The first-order valence-corrected chi connectivity index (χ1v) is 7.33. The lowest BCUT2D eigenvalue weighted by atomic mass is 9.85. The molecule has 0 aromatic carbocycles. The summed E-state index contributed by atoms with van der Waals surface area (Å²) in [6, 6.07) is 0. The van der Waals surface area contributed by atoms with Crippen molar-refractivity contribution in [3.63, 3.8) is 0 Å². The molecule has 0 radical (unpaired) electrons. The molecule has 4 nitrogen and oxygen atoms in total. The quantitative estimate of drug-likeness (QED) is 0.436. The van der Waals surface area contributed by atoms with Crippen LogP contribution in [0.1, 0.15) is 27.2 Å². The number of ether oxygens (including phenoxy) is 1. The zero-order chi connectivity index (χ0) is 14.0. The van der Waals surface area contributed by atoms with E-state index in [0.717, 1.165) is 0 Å². The Hall–Kier alpha value is -0.580. The third-order valence-corrected chi connectivity index (χ3v) is 3.37. The second kappa shape index (κ2) is 5.59. The maximum atomic E-state index is 13.9. The fourth-order valence-corrected chi connectivity index (χ4v) is 2.32. The molecule has 1 unspecified atom stereocenters. The molecule has 0 spiro atoms. The summed E-state index contributed by atoms with van der Waals surface area (Å²) < 4.78 is 19.7. The highest BCUT2D eigenvalue weighted by Crippen LogP contribution is 2.34. The number of carbonyl (C=O) groups is 1. The average Bonchev–Trinajstić information content (AvgIpc) is 2.14. The number of hydrogen-bond donors (Lipinski definition) is 0. The summed E-state index contributed by atoms with van der Waals surface area (Å²) in [5.74, 6) is 0. The number of halogens is 2. The molecular weight excluding hydrogens is 350 g/mol. The molecular formula is C12H18FIN2O2. The molecule has 0 aromatic rings. The van der Waals surface area contributed by atoms with E-state index in [1.165, 1.54) is 4.90 Å². The van der Waals surface area contributed by atoms with E-state index >= 15 is 0 Å². The summed E-state index contributed by atoms with van der Waals surface area (Å²) in [6.45, 7) is 12.7. The SMILES string of the molecule is [C-]#[N+]C1(C(F)CCI)CN(C(=O)OC(C)(C)C)C1. The van der Waals surface area contributed by atoms with Crippen LogP contribution in [0.5, 0.6) is 0 Å². The van der Waals surface area contributed by atoms with Crippen LogP contribution >= 0.6 is 22.6 Å². The second-order valence-corrected chi connectivity index (χ2v) is 6.58. The first-order chi connectivity index (χ1) is 8.24. The molecule has 1 saturated heterocycles. The van der Waals surface area contributed by atoms with Crippen molar-refractivity contribution in [1.29, 1.82) is 0 Å². The number of hydrogen-bond acceptors (Lipinski definition) is 2. The van der Waals surface area contributed by atoms with Crippen LogP contribution in [0.2, 0.25) is 0 Å². The predicted octanol–water partition coefficient (Wildman–Crippen LogP) is 3.06. The number of amides is 1. The molecule has 102 valence electrons. The van der Waals surface area contributed by atoms with E-state index in [9.17, 15) is 9.18 Å². The van der Waals surface area contributed by atoms with E-state index in [2.05, 4.69) is 27.4 Å². The molecule has 1 rings (SSSR count). The highest BCUT2D eigenvalue weighted by Gasteiger charge is 2.58. The molecule has 0 aromatic heterocycles. The Bertz CT molecular complexity index is 356. The van der Waals surface area contributed by atoms with Gasteiger partial charge in [0.15, 0.2) is 6.17 Å². The summed E-state index contributed by atoms with van der Waals surface area (Å²) in [5.41, 5.74) is -1.62. The van der Waals surface area contributed by atoms with Gasteiger partial charge in [-0.2, -0.15) is 0 Å². The highest BCUT2D eigenvalue weighted by atomic mass is 127. The van der Waals surface area contributed by atoms with Crippen molar-refractivity contribution in [1.82, 2.24) is 4.90 Å². The van der Waals surface area contributed by atoms with Crippen molar-refractivity contribution in [3.8, 4) is 0 Å². The smallest absolute Gasteiger partial charge is 0.410 e. The molecule has 0 bridgehead atoms. The standard InChI is InChI=1S/C12H18FIN2O2/c1-11(2,3)18-10(17)16-7-12(8-16,15-4)9(13)5-6-14/h9H,5-8H2,1-3H3. The Kier molecular flexibility index (Phi) is 4.81. The van der Waals surface area contributed by atoms with Crippen molar-refractivity contribution in [2.45, 2.75) is 44.5 Å². The summed E-state index contributed by atoms with van der Waals surface area (Å²) in [5, 5.41) is 0. The number of likely N-dealkylation sites (tertiary alicyclic amines) is 1. The largest absolute Gasteiger partial charge is 0.444 e. The van der Waals surface area contributed by atoms with Gasteiger partial charge in [-0.25, -0.2) is 15.8 Å². The van der Waals surface area contributed by atoms with Crippen LogP contribution < -0.4 is 0 Å². The van der Waals surface area contributed by atoms with E-state index in [0.29, 0.717) is 10.8 Å². The fraction of sp³-hybridized carbons (Fsp3) is 0.833. The lowest BCUT2D eigenvalue weighted by Crippen LogP contribution is -2.66. The van der Waals surface area contributed by atoms with Crippen LogP contribution in [0.3, 0.4) is 0 Å². The van der Waals surface area contributed by atoms with Crippen molar-refractivity contribution >= 4 is 28.7 Å². The molecule has 0 saturated carbocycles. The molecule has 0 N–H and O–H groups in total. The number of carbonyl (C=O) groups excluding carboxylic acids is 1. The van der Waals surface area contributed by atoms with Crippen LogP contribution in [0.4, 0.5) is 9.18 Å². The molecule has 18 heavy (non-hydrogen) atoms. The van der Waals surface area contributed by atoms with Gasteiger partial charge in [-0.3, -0.25) is 4.90 Å². The minimum atomic E-state index is -1.18. The Balaban J connectivity index is 2.55. The van der Waals surface area contributed by atoms with E-state index in [1.807, 2.05) is 0 Å². The maximum Gasteiger partial charge on any atom is 0.410 e. The summed E-state index contributed by atoms with van der Waals surface area (Å²) in [4.78, 5) is 16.5. The Morgan fingerprint density at radius 1 is 1.61 bits per heavy atom. The van der Waals surface area contributed by atoms with E-state index < -0.39 is 23.4 Å². The number of nitrogens with zero attached hydrogens (tertiary/aromatic N) is 2. The van der Waals surface area contributed by atoms with Gasteiger partial charge < -0.3 is 9.58 Å². The monoisotopic (exact) mass is 368 g/mol. The third-order valence-electron chi connectivity index (χ3n) is 2.75. The lowest BCUT2D eigenvalue weighted by molar-refractivity contribution is -0.0158. The van der Waals surface area contributed by atoms with Crippen molar-refractivity contribution in [2.75, 3.05) is 17.5 Å². The van der Waals surface area contributed by atoms with Crippen molar-refractivity contribution < 1.29 is 13.9 Å². The summed E-state index contributed by atoms with van der Waals surface area (Å²) in [7, 11) is 0. The highest BCUT2D eigenvalue weighted by molar-refractivity contribution is 14.1. The summed E-state index contributed by atoms with van der Waals surface area (Å²) >= 11 is 2.09. The van der Waals surface area contributed by atoms with E-state index in [4.69, 9.17) is 11.3 Å². The van der Waals surface area contributed by atoms with Crippen LogP contribution in [-0.4, -0.2) is 45.8 Å². The zero-order valence-electron chi connectivity index (χ0n) is 10.9. The van der Waals surface area contributed by atoms with Crippen molar-refractivity contribution in [3.05, 3.63) is 11.4 Å². The molecule has 1 amide bonds. The van der Waals surface area contributed by atoms with Gasteiger partial charge in [0.1, 0.15) is 18.7 Å². The zero-order valence-corrected chi connectivity index (χ0v) is 13.0. The molecule has 1 aliphatic heterocycles. The molecule has 1 atom stereocenters. The van der Waals surface area contributed by atoms with Gasteiger partial charge in [0.05, 0.1) is 0 Å². The number of alkyl halides is 2. The predicted molar refractivity (Wildman–Crippen MR) is 75.5 cm³/mol. The van der Waals surface area contributed by atoms with Gasteiger partial charge in [0, 0.05) is 4.43 Å².